The van der Waals surface area contributed by atoms with Gasteiger partial charge in [0.15, 0.2) is 0 Å². The predicted octanol–water partition coefficient (Wildman–Crippen LogP) is 4.61. The van der Waals surface area contributed by atoms with Crippen molar-refractivity contribution in [1.29, 1.82) is 0 Å². The number of benzene rings is 1. The minimum absolute atomic E-state index is 0.144. The molecule has 0 aliphatic carbocycles. The van der Waals surface area contributed by atoms with Gasteiger partial charge in [0.2, 0.25) is 4.80 Å². The lowest BCUT2D eigenvalue weighted by Crippen LogP contribution is -2.14. The molecule has 0 fully saturated rings. The first-order valence-corrected chi connectivity index (χ1v) is 8.98. The molecule has 3 aromatic rings. The summed E-state index contributed by atoms with van der Waals surface area (Å²) < 4.78 is 15.9. The molecule has 118 valence electrons. The van der Waals surface area contributed by atoms with Crippen molar-refractivity contribution in [3.05, 3.63) is 62.7 Å². The van der Waals surface area contributed by atoms with Gasteiger partial charge in [0.1, 0.15) is 5.82 Å². The number of rotatable bonds is 4. The molecule has 3 nitrogen and oxygen atoms in total. The van der Waals surface area contributed by atoms with E-state index in [4.69, 9.17) is 0 Å². The molecule has 0 N–H and O–H groups in total. The van der Waals surface area contributed by atoms with Crippen molar-refractivity contribution in [2.75, 3.05) is 0 Å². The Balaban J connectivity index is 2.14. The number of nitrogens with zero attached hydrogens (tertiary/aromatic N) is 3. The largest absolute Gasteiger partial charge is 0.255 e. The van der Waals surface area contributed by atoms with Crippen molar-refractivity contribution in [3.8, 4) is 11.3 Å². The van der Waals surface area contributed by atoms with Gasteiger partial charge in [0.05, 0.1) is 11.9 Å². The highest BCUT2D eigenvalue weighted by Crippen LogP contribution is 2.23. The molecular weight excluding hydrogens is 329 g/mol. The average molecular weight is 345 g/mol. The van der Waals surface area contributed by atoms with Gasteiger partial charge in [-0.25, -0.2) is 9.07 Å². The quantitative estimate of drug-likeness (QED) is 0.618. The molecule has 0 saturated carbocycles. The highest BCUT2D eigenvalue weighted by atomic mass is 32.1. The van der Waals surface area contributed by atoms with Gasteiger partial charge in [0, 0.05) is 21.9 Å². The van der Waals surface area contributed by atoms with Crippen molar-refractivity contribution in [3.63, 3.8) is 0 Å². The number of aromatic nitrogens is 1. The van der Waals surface area contributed by atoms with Crippen LogP contribution in [0, 0.1) is 5.82 Å². The van der Waals surface area contributed by atoms with Crippen LogP contribution in [0.3, 0.4) is 0 Å². The maximum absolute atomic E-state index is 14.2. The average Bonchev–Trinajstić information content (AvgIpc) is 3.15. The molecule has 0 spiro atoms. The maximum atomic E-state index is 14.2. The molecule has 23 heavy (non-hydrogen) atoms. The molecule has 0 unspecified atom stereocenters. The first kappa shape index (κ1) is 15.8. The molecule has 6 heteroatoms. The van der Waals surface area contributed by atoms with Gasteiger partial charge in [-0.3, -0.25) is 4.99 Å². The molecule has 2 heterocycles. The van der Waals surface area contributed by atoms with E-state index in [0.717, 1.165) is 9.68 Å². The predicted molar refractivity (Wildman–Crippen MR) is 95.7 cm³/mol. The van der Waals surface area contributed by atoms with E-state index in [-0.39, 0.29) is 11.9 Å². The summed E-state index contributed by atoms with van der Waals surface area (Å²) in [6.07, 6.45) is 1.78. The van der Waals surface area contributed by atoms with Crippen molar-refractivity contribution in [2.45, 2.75) is 19.9 Å². The zero-order valence-corrected chi connectivity index (χ0v) is 14.4. The number of halogens is 1. The van der Waals surface area contributed by atoms with E-state index < -0.39 is 0 Å². The first-order valence-electron chi connectivity index (χ1n) is 7.22. The summed E-state index contributed by atoms with van der Waals surface area (Å²) in [7, 11) is 0. The zero-order valence-electron chi connectivity index (χ0n) is 12.8. The molecule has 0 atom stereocenters. The Morgan fingerprint density at radius 1 is 1.13 bits per heavy atom. The van der Waals surface area contributed by atoms with Crippen LogP contribution in [0.5, 0.6) is 0 Å². The summed E-state index contributed by atoms with van der Waals surface area (Å²) >= 11 is 3.07. The first-order chi connectivity index (χ1) is 11.1. The van der Waals surface area contributed by atoms with Crippen LogP contribution in [0.25, 0.3) is 11.3 Å². The van der Waals surface area contributed by atoms with E-state index >= 15 is 0 Å². The van der Waals surface area contributed by atoms with Gasteiger partial charge < -0.3 is 0 Å². The Kier molecular flexibility index (Phi) is 4.83. The van der Waals surface area contributed by atoms with Crippen LogP contribution in [0.2, 0.25) is 0 Å². The summed E-state index contributed by atoms with van der Waals surface area (Å²) in [6, 6.07) is 10.8. The number of thiophene rings is 1. The third-order valence-corrected chi connectivity index (χ3v) is 4.68. The fourth-order valence-electron chi connectivity index (χ4n) is 2.05. The summed E-state index contributed by atoms with van der Waals surface area (Å²) in [6.45, 7) is 4.02. The second kappa shape index (κ2) is 7.02. The molecule has 0 aliphatic rings. The van der Waals surface area contributed by atoms with E-state index in [1.165, 1.54) is 17.4 Å². The Labute approximate surface area is 142 Å². The molecule has 0 amide bonds. The number of hydrogen-bond acceptors (Lipinski definition) is 4. The summed E-state index contributed by atoms with van der Waals surface area (Å²) in [4.78, 5) is 6.38. The van der Waals surface area contributed by atoms with Crippen LogP contribution in [-0.2, 0) is 0 Å². The Bertz CT molecular complexity index is 873. The Morgan fingerprint density at radius 2 is 1.96 bits per heavy atom. The van der Waals surface area contributed by atoms with Gasteiger partial charge in [0.25, 0.3) is 0 Å². The molecule has 3 rings (SSSR count). The molecule has 0 aliphatic heterocycles. The fourth-order valence-corrected chi connectivity index (χ4v) is 3.60. The monoisotopic (exact) mass is 345 g/mol. The SMILES string of the molecule is CC(C)N=c1scc(-c2ccccc2F)n1N=Cc1cccs1. The van der Waals surface area contributed by atoms with Crippen molar-refractivity contribution >= 4 is 28.9 Å². The van der Waals surface area contributed by atoms with Gasteiger partial charge >= 0.3 is 0 Å². The lowest BCUT2D eigenvalue weighted by molar-refractivity contribution is 0.629. The molecule has 2 aromatic heterocycles. The zero-order chi connectivity index (χ0) is 16.2. The third-order valence-electron chi connectivity index (χ3n) is 3.05. The van der Waals surface area contributed by atoms with E-state index in [1.807, 2.05) is 42.8 Å². The Morgan fingerprint density at radius 3 is 2.65 bits per heavy atom. The second-order valence-corrected chi connectivity index (χ2v) is 6.99. The lowest BCUT2D eigenvalue weighted by Gasteiger charge is -2.05. The van der Waals surface area contributed by atoms with E-state index in [2.05, 4.69) is 10.1 Å². The van der Waals surface area contributed by atoms with Crippen molar-refractivity contribution in [2.24, 2.45) is 10.1 Å². The summed E-state index contributed by atoms with van der Waals surface area (Å²) in [5.41, 5.74) is 1.23. The highest BCUT2D eigenvalue weighted by molar-refractivity contribution is 7.11. The molecular formula is C17H16FN3S2. The minimum Gasteiger partial charge on any atom is -0.255 e. The number of hydrogen-bond donors (Lipinski definition) is 0. The summed E-state index contributed by atoms with van der Waals surface area (Å²) in [5, 5.41) is 8.42. The summed E-state index contributed by atoms with van der Waals surface area (Å²) in [5.74, 6) is -0.263. The highest BCUT2D eigenvalue weighted by Gasteiger charge is 2.11. The minimum atomic E-state index is -0.263. The van der Waals surface area contributed by atoms with Gasteiger partial charge in [-0.15, -0.1) is 22.7 Å². The maximum Gasteiger partial charge on any atom is 0.206 e. The van der Waals surface area contributed by atoms with Crippen molar-refractivity contribution < 1.29 is 4.39 Å². The molecule has 0 saturated heterocycles. The van der Waals surface area contributed by atoms with Gasteiger partial charge in [-0.1, -0.05) is 18.2 Å². The normalized spacial score (nSPS) is 12.6. The Hall–Kier alpha value is -2.05. The van der Waals surface area contributed by atoms with Crippen LogP contribution >= 0.6 is 22.7 Å². The smallest absolute Gasteiger partial charge is 0.206 e. The van der Waals surface area contributed by atoms with Gasteiger partial charge in [-0.2, -0.15) is 5.10 Å². The van der Waals surface area contributed by atoms with Crippen LogP contribution in [0.4, 0.5) is 4.39 Å². The van der Waals surface area contributed by atoms with Crippen LogP contribution in [0.15, 0.2) is 57.3 Å². The van der Waals surface area contributed by atoms with E-state index in [9.17, 15) is 4.39 Å². The fraction of sp³-hybridized carbons (Fsp3) is 0.176. The van der Waals surface area contributed by atoms with Crippen molar-refractivity contribution in [1.82, 2.24) is 4.68 Å². The lowest BCUT2D eigenvalue weighted by atomic mass is 10.1. The molecule has 0 radical (unpaired) electrons. The topological polar surface area (TPSA) is 29.6 Å². The van der Waals surface area contributed by atoms with Crippen LogP contribution in [-0.4, -0.2) is 16.9 Å². The van der Waals surface area contributed by atoms with Crippen LogP contribution < -0.4 is 4.80 Å². The molecule has 1 aromatic carbocycles. The molecule has 0 bridgehead atoms. The van der Waals surface area contributed by atoms with Crippen LogP contribution in [0.1, 0.15) is 18.7 Å². The second-order valence-electron chi connectivity index (χ2n) is 5.18. The standard InChI is InChI=1S/C17H16FN3S2/c1-12(2)20-17-21(19-10-13-6-5-9-22-13)16(11-23-17)14-7-3-4-8-15(14)18/h3-12H,1-2H3. The van der Waals surface area contributed by atoms with Gasteiger partial charge in [-0.05, 0) is 37.4 Å². The number of thiazole rings is 1. The van der Waals surface area contributed by atoms with E-state index in [0.29, 0.717) is 11.3 Å². The van der Waals surface area contributed by atoms with E-state index in [1.54, 1.807) is 34.4 Å². The third kappa shape index (κ3) is 3.65.